The molecule has 0 aliphatic heterocycles. The van der Waals surface area contributed by atoms with Crippen LogP contribution in [0, 0.1) is 12.7 Å². The number of hydrogen-bond donors (Lipinski definition) is 1. The standard InChI is InChI=1S/C16H15ClFNO3/c1-10-3-6-15(21-2)14(7-10)19-16(20)9-22-11-4-5-13(18)12(17)8-11/h3-8H,9H2,1-2H3,(H,19,20). The van der Waals surface area contributed by atoms with E-state index in [-0.39, 0.29) is 17.5 Å². The minimum Gasteiger partial charge on any atom is -0.495 e. The molecule has 4 nitrogen and oxygen atoms in total. The molecule has 0 aliphatic rings. The topological polar surface area (TPSA) is 47.6 Å². The van der Waals surface area contributed by atoms with Crippen LogP contribution in [0.5, 0.6) is 11.5 Å². The van der Waals surface area contributed by atoms with Crippen LogP contribution in [-0.2, 0) is 4.79 Å². The lowest BCUT2D eigenvalue weighted by molar-refractivity contribution is -0.118. The maximum absolute atomic E-state index is 13.0. The predicted molar refractivity (Wildman–Crippen MR) is 83.3 cm³/mol. The largest absolute Gasteiger partial charge is 0.495 e. The first-order valence-electron chi connectivity index (χ1n) is 6.52. The molecule has 2 aromatic carbocycles. The van der Waals surface area contributed by atoms with Crippen LogP contribution in [0.3, 0.4) is 0 Å². The van der Waals surface area contributed by atoms with Gasteiger partial charge >= 0.3 is 0 Å². The van der Waals surface area contributed by atoms with Crippen LogP contribution in [-0.4, -0.2) is 19.6 Å². The minimum absolute atomic E-state index is 0.0572. The molecule has 0 unspecified atom stereocenters. The van der Waals surface area contributed by atoms with Gasteiger partial charge in [0.15, 0.2) is 6.61 Å². The van der Waals surface area contributed by atoms with Crippen LogP contribution in [0.2, 0.25) is 5.02 Å². The second-order valence-electron chi connectivity index (χ2n) is 4.62. The fraction of sp³-hybridized carbons (Fsp3) is 0.188. The zero-order valence-electron chi connectivity index (χ0n) is 12.2. The number of anilines is 1. The normalized spacial score (nSPS) is 10.2. The summed E-state index contributed by atoms with van der Waals surface area (Å²) < 4.78 is 23.5. The Morgan fingerprint density at radius 2 is 2.05 bits per heavy atom. The summed E-state index contributed by atoms with van der Waals surface area (Å²) in [6, 6.07) is 9.35. The van der Waals surface area contributed by atoms with Gasteiger partial charge in [-0.2, -0.15) is 0 Å². The molecular formula is C16H15ClFNO3. The molecule has 116 valence electrons. The summed E-state index contributed by atoms with van der Waals surface area (Å²) in [5.41, 5.74) is 1.55. The maximum atomic E-state index is 13.0. The summed E-state index contributed by atoms with van der Waals surface area (Å²) in [4.78, 5) is 11.9. The minimum atomic E-state index is -0.539. The van der Waals surface area contributed by atoms with E-state index in [9.17, 15) is 9.18 Å². The lowest BCUT2D eigenvalue weighted by Gasteiger charge is -2.11. The zero-order valence-corrected chi connectivity index (χ0v) is 12.9. The van der Waals surface area contributed by atoms with Crippen molar-refractivity contribution in [2.24, 2.45) is 0 Å². The highest BCUT2D eigenvalue weighted by Crippen LogP contribution is 2.25. The second-order valence-corrected chi connectivity index (χ2v) is 5.02. The maximum Gasteiger partial charge on any atom is 0.262 e. The van der Waals surface area contributed by atoms with Gasteiger partial charge in [-0.15, -0.1) is 0 Å². The first-order chi connectivity index (χ1) is 10.5. The summed E-state index contributed by atoms with van der Waals surface area (Å²) >= 11 is 5.64. The Kier molecular flexibility index (Phi) is 5.22. The Labute approximate surface area is 132 Å². The number of benzene rings is 2. The van der Waals surface area contributed by atoms with Crippen molar-refractivity contribution in [2.75, 3.05) is 19.0 Å². The molecule has 6 heteroatoms. The number of carbonyl (C=O) groups excluding carboxylic acids is 1. The number of halogens is 2. The number of hydrogen-bond acceptors (Lipinski definition) is 3. The van der Waals surface area contributed by atoms with E-state index in [0.717, 1.165) is 5.56 Å². The lowest BCUT2D eigenvalue weighted by atomic mass is 10.2. The number of methoxy groups -OCH3 is 1. The van der Waals surface area contributed by atoms with Gasteiger partial charge in [0.05, 0.1) is 17.8 Å². The van der Waals surface area contributed by atoms with Gasteiger partial charge in [0.2, 0.25) is 0 Å². The van der Waals surface area contributed by atoms with Gasteiger partial charge in [0, 0.05) is 6.07 Å². The molecular weight excluding hydrogens is 309 g/mol. The van der Waals surface area contributed by atoms with Gasteiger partial charge in [-0.1, -0.05) is 17.7 Å². The average molecular weight is 324 g/mol. The van der Waals surface area contributed by atoms with Gasteiger partial charge in [0.25, 0.3) is 5.91 Å². The molecule has 22 heavy (non-hydrogen) atoms. The molecule has 0 aromatic heterocycles. The van der Waals surface area contributed by atoms with Crippen molar-refractivity contribution < 1.29 is 18.7 Å². The van der Waals surface area contributed by atoms with Crippen molar-refractivity contribution >= 4 is 23.2 Å². The van der Waals surface area contributed by atoms with Crippen LogP contribution >= 0.6 is 11.6 Å². The van der Waals surface area contributed by atoms with E-state index in [0.29, 0.717) is 17.2 Å². The molecule has 1 N–H and O–H groups in total. The highest BCUT2D eigenvalue weighted by Gasteiger charge is 2.09. The van der Waals surface area contributed by atoms with Crippen molar-refractivity contribution in [3.63, 3.8) is 0 Å². The molecule has 0 bridgehead atoms. The number of ether oxygens (including phenoxy) is 2. The molecule has 0 aliphatic carbocycles. The Bertz CT molecular complexity index is 691. The van der Waals surface area contributed by atoms with Gasteiger partial charge in [-0.3, -0.25) is 4.79 Å². The van der Waals surface area contributed by atoms with Gasteiger partial charge < -0.3 is 14.8 Å². The van der Waals surface area contributed by atoms with Gasteiger partial charge in [-0.25, -0.2) is 4.39 Å². The molecule has 0 radical (unpaired) electrons. The van der Waals surface area contributed by atoms with Crippen molar-refractivity contribution in [3.05, 3.63) is 52.8 Å². The quantitative estimate of drug-likeness (QED) is 0.910. The van der Waals surface area contributed by atoms with Crippen LogP contribution < -0.4 is 14.8 Å². The summed E-state index contributed by atoms with van der Waals surface area (Å²) in [5.74, 6) is -0.0196. The Hall–Kier alpha value is -2.27. The zero-order chi connectivity index (χ0) is 16.1. The third-order valence-corrected chi connectivity index (χ3v) is 3.18. The van der Waals surface area contributed by atoms with Crippen LogP contribution in [0.4, 0.5) is 10.1 Å². The molecule has 1 amide bonds. The van der Waals surface area contributed by atoms with Gasteiger partial charge in [-0.05, 0) is 36.8 Å². The Morgan fingerprint density at radius 3 is 2.73 bits per heavy atom. The van der Waals surface area contributed by atoms with Crippen molar-refractivity contribution in [1.82, 2.24) is 0 Å². The highest BCUT2D eigenvalue weighted by molar-refractivity contribution is 6.30. The molecule has 2 aromatic rings. The first kappa shape index (κ1) is 16.1. The Morgan fingerprint density at radius 1 is 1.27 bits per heavy atom. The van der Waals surface area contributed by atoms with E-state index in [1.54, 1.807) is 12.1 Å². The van der Waals surface area contributed by atoms with Gasteiger partial charge in [0.1, 0.15) is 17.3 Å². The van der Waals surface area contributed by atoms with Crippen molar-refractivity contribution in [2.45, 2.75) is 6.92 Å². The van der Waals surface area contributed by atoms with Crippen LogP contribution in [0.25, 0.3) is 0 Å². The lowest BCUT2D eigenvalue weighted by Crippen LogP contribution is -2.20. The summed E-state index contributed by atoms with van der Waals surface area (Å²) in [5, 5.41) is 2.65. The van der Waals surface area contributed by atoms with Crippen LogP contribution in [0.1, 0.15) is 5.56 Å². The van der Waals surface area contributed by atoms with E-state index >= 15 is 0 Å². The molecule has 2 rings (SSSR count). The number of amides is 1. The van der Waals surface area contributed by atoms with Crippen LogP contribution in [0.15, 0.2) is 36.4 Å². The van der Waals surface area contributed by atoms with Crippen molar-refractivity contribution in [3.8, 4) is 11.5 Å². The number of carbonyl (C=O) groups is 1. The molecule has 0 saturated heterocycles. The second kappa shape index (κ2) is 7.13. The average Bonchev–Trinajstić information content (AvgIpc) is 2.49. The first-order valence-corrected chi connectivity index (χ1v) is 6.89. The molecule has 0 fully saturated rings. The smallest absolute Gasteiger partial charge is 0.262 e. The summed E-state index contributed by atoms with van der Waals surface area (Å²) in [6.45, 7) is 1.69. The SMILES string of the molecule is COc1ccc(C)cc1NC(=O)COc1ccc(F)c(Cl)c1. The predicted octanol–water partition coefficient (Wildman–Crippen LogP) is 3.81. The van der Waals surface area contributed by atoms with E-state index < -0.39 is 5.82 Å². The third kappa shape index (κ3) is 4.11. The van der Waals surface area contributed by atoms with E-state index in [1.807, 2.05) is 13.0 Å². The van der Waals surface area contributed by atoms with E-state index in [2.05, 4.69) is 5.32 Å². The van der Waals surface area contributed by atoms with Crippen molar-refractivity contribution in [1.29, 1.82) is 0 Å². The number of aryl methyl sites for hydroxylation is 1. The summed E-state index contributed by atoms with van der Waals surface area (Å²) in [7, 11) is 1.53. The molecule has 0 atom stereocenters. The number of rotatable bonds is 5. The fourth-order valence-corrected chi connectivity index (χ4v) is 1.99. The highest BCUT2D eigenvalue weighted by atomic mass is 35.5. The monoisotopic (exact) mass is 323 g/mol. The Balaban J connectivity index is 1.98. The molecule has 0 heterocycles. The molecule has 0 saturated carbocycles. The summed E-state index contributed by atoms with van der Waals surface area (Å²) in [6.07, 6.45) is 0. The van der Waals surface area contributed by atoms with E-state index in [1.165, 1.54) is 25.3 Å². The molecule has 0 spiro atoms. The third-order valence-electron chi connectivity index (χ3n) is 2.89. The number of nitrogens with one attached hydrogen (secondary N) is 1. The van der Waals surface area contributed by atoms with E-state index in [4.69, 9.17) is 21.1 Å². The fourth-order valence-electron chi connectivity index (χ4n) is 1.82.